The topological polar surface area (TPSA) is 99.9 Å². The van der Waals surface area contributed by atoms with Crippen LogP contribution < -0.4 is 16.2 Å². The van der Waals surface area contributed by atoms with Gasteiger partial charge in [-0.3, -0.25) is 0 Å². The van der Waals surface area contributed by atoms with Gasteiger partial charge in [-0.15, -0.1) is 0 Å². The molecule has 0 spiro atoms. The van der Waals surface area contributed by atoms with Crippen LogP contribution in [-0.2, 0) is 0 Å². The van der Waals surface area contributed by atoms with E-state index in [0.29, 0.717) is 27.5 Å². The monoisotopic (exact) mass is 301 g/mol. The molecule has 0 aliphatic heterocycles. The predicted molar refractivity (Wildman–Crippen MR) is 83.2 cm³/mol. The molecule has 1 aromatic carbocycles. The first kappa shape index (κ1) is 13.4. The number of methoxy groups -OCH3 is 1. The summed E-state index contributed by atoms with van der Waals surface area (Å²) in [4.78, 5) is 12.5. The van der Waals surface area contributed by atoms with Crippen LogP contribution in [0, 0.1) is 0 Å². The summed E-state index contributed by atoms with van der Waals surface area (Å²) in [6.07, 6.45) is 0. The second-order valence-electron chi connectivity index (χ2n) is 4.38. The van der Waals surface area contributed by atoms with Gasteiger partial charge in [0.05, 0.1) is 23.3 Å². The largest absolute Gasteiger partial charge is 0.495 e. The Kier molecular flexibility index (Phi) is 3.23. The Bertz CT molecular complexity index is 837. The van der Waals surface area contributed by atoms with Gasteiger partial charge in [0.1, 0.15) is 11.3 Å². The zero-order chi connectivity index (χ0) is 15.0. The first-order valence-electron chi connectivity index (χ1n) is 6.12. The van der Waals surface area contributed by atoms with E-state index in [1.807, 2.05) is 12.1 Å². The number of rotatable bonds is 2. The highest BCUT2D eigenvalue weighted by Gasteiger charge is 2.09. The Labute approximate surface area is 125 Å². The van der Waals surface area contributed by atoms with Gasteiger partial charge < -0.3 is 16.2 Å². The van der Waals surface area contributed by atoms with Crippen molar-refractivity contribution in [1.29, 1.82) is 0 Å². The number of nitrogen functional groups attached to an aromatic ring is 2. The number of pyridine rings is 1. The average Bonchev–Trinajstić information content (AvgIpc) is 2.46. The number of fused-ring (bicyclic) bond motifs is 1. The standard InChI is InChI=1S/C14H12ClN5O/c1-21-11-5-2-7(6-8(11)15)9-3-4-10-12(18-9)13(16)20-14(17)19-10/h2-6H,1H3,(H4,16,17,19,20). The van der Waals surface area contributed by atoms with Crippen molar-refractivity contribution in [3.63, 3.8) is 0 Å². The Balaban J connectivity index is 2.15. The van der Waals surface area contributed by atoms with Gasteiger partial charge in [-0.1, -0.05) is 11.6 Å². The summed E-state index contributed by atoms with van der Waals surface area (Å²) in [6, 6.07) is 9.05. The Hall–Kier alpha value is -2.60. The highest BCUT2D eigenvalue weighted by molar-refractivity contribution is 6.32. The lowest BCUT2D eigenvalue weighted by Crippen LogP contribution is -2.02. The number of benzene rings is 1. The molecule has 6 nitrogen and oxygen atoms in total. The van der Waals surface area contributed by atoms with Crippen molar-refractivity contribution in [2.75, 3.05) is 18.6 Å². The van der Waals surface area contributed by atoms with Crippen LogP contribution in [0.1, 0.15) is 0 Å². The first-order valence-corrected chi connectivity index (χ1v) is 6.50. The molecule has 21 heavy (non-hydrogen) atoms. The molecule has 3 rings (SSSR count). The maximum Gasteiger partial charge on any atom is 0.222 e. The molecule has 0 amide bonds. The molecule has 0 radical (unpaired) electrons. The van der Waals surface area contributed by atoms with E-state index in [2.05, 4.69) is 15.0 Å². The summed E-state index contributed by atoms with van der Waals surface area (Å²) >= 11 is 6.13. The average molecular weight is 302 g/mol. The van der Waals surface area contributed by atoms with Crippen molar-refractivity contribution < 1.29 is 4.74 Å². The van der Waals surface area contributed by atoms with E-state index >= 15 is 0 Å². The molecule has 0 aliphatic carbocycles. The van der Waals surface area contributed by atoms with Gasteiger partial charge in [-0.2, -0.15) is 4.98 Å². The van der Waals surface area contributed by atoms with Crippen molar-refractivity contribution in [1.82, 2.24) is 15.0 Å². The van der Waals surface area contributed by atoms with E-state index < -0.39 is 0 Å². The van der Waals surface area contributed by atoms with Crippen molar-refractivity contribution in [2.45, 2.75) is 0 Å². The molecule has 0 bridgehead atoms. The van der Waals surface area contributed by atoms with Crippen LogP contribution >= 0.6 is 11.6 Å². The third kappa shape index (κ3) is 2.41. The van der Waals surface area contributed by atoms with Gasteiger partial charge in [-0.25, -0.2) is 9.97 Å². The molecular weight excluding hydrogens is 290 g/mol. The number of anilines is 2. The van der Waals surface area contributed by atoms with E-state index in [0.717, 1.165) is 5.56 Å². The summed E-state index contributed by atoms with van der Waals surface area (Å²) in [5.74, 6) is 0.984. The second kappa shape index (κ2) is 5.06. The molecule has 7 heteroatoms. The van der Waals surface area contributed by atoms with Gasteiger partial charge in [0.15, 0.2) is 5.82 Å². The molecular formula is C14H12ClN5O. The molecule has 2 aromatic heterocycles. The van der Waals surface area contributed by atoms with Gasteiger partial charge in [0.2, 0.25) is 5.95 Å². The maximum atomic E-state index is 6.13. The van der Waals surface area contributed by atoms with Crippen molar-refractivity contribution >= 4 is 34.4 Å². The molecule has 0 saturated carbocycles. The third-order valence-electron chi connectivity index (χ3n) is 3.03. The number of nitrogens with two attached hydrogens (primary N) is 2. The van der Waals surface area contributed by atoms with Crippen LogP contribution in [-0.4, -0.2) is 22.1 Å². The van der Waals surface area contributed by atoms with E-state index in [1.165, 1.54) is 0 Å². The normalized spacial score (nSPS) is 10.8. The summed E-state index contributed by atoms with van der Waals surface area (Å²) < 4.78 is 5.13. The van der Waals surface area contributed by atoms with E-state index in [1.54, 1.807) is 25.3 Å². The Morgan fingerprint density at radius 1 is 1.05 bits per heavy atom. The molecule has 0 unspecified atom stereocenters. The molecule has 2 heterocycles. The fourth-order valence-corrected chi connectivity index (χ4v) is 2.30. The third-order valence-corrected chi connectivity index (χ3v) is 3.33. The van der Waals surface area contributed by atoms with Crippen LogP contribution in [0.4, 0.5) is 11.8 Å². The lowest BCUT2D eigenvalue weighted by molar-refractivity contribution is 0.415. The van der Waals surface area contributed by atoms with Crippen LogP contribution in [0.15, 0.2) is 30.3 Å². The van der Waals surface area contributed by atoms with Crippen molar-refractivity contribution in [2.24, 2.45) is 0 Å². The van der Waals surface area contributed by atoms with Gasteiger partial charge >= 0.3 is 0 Å². The maximum absolute atomic E-state index is 6.13. The number of hydrogen-bond acceptors (Lipinski definition) is 6. The lowest BCUT2D eigenvalue weighted by atomic mass is 10.1. The molecule has 4 N–H and O–H groups in total. The van der Waals surface area contributed by atoms with Gasteiger partial charge in [-0.05, 0) is 30.3 Å². The summed E-state index contributed by atoms with van der Waals surface area (Å²) in [6.45, 7) is 0. The van der Waals surface area contributed by atoms with Crippen molar-refractivity contribution in [3.8, 4) is 17.0 Å². The zero-order valence-electron chi connectivity index (χ0n) is 11.2. The molecule has 0 fully saturated rings. The minimum Gasteiger partial charge on any atom is -0.495 e. The number of ether oxygens (including phenoxy) is 1. The van der Waals surface area contributed by atoms with Crippen LogP contribution in [0.5, 0.6) is 5.75 Å². The summed E-state index contributed by atoms with van der Waals surface area (Å²) in [7, 11) is 1.57. The summed E-state index contributed by atoms with van der Waals surface area (Å²) in [5.41, 5.74) is 14.1. The molecule has 3 aromatic rings. The fourth-order valence-electron chi connectivity index (χ4n) is 2.04. The number of hydrogen-bond donors (Lipinski definition) is 2. The highest BCUT2D eigenvalue weighted by atomic mass is 35.5. The number of aromatic nitrogens is 3. The van der Waals surface area contributed by atoms with E-state index in [4.69, 9.17) is 27.8 Å². The van der Waals surface area contributed by atoms with E-state index in [9.17, 15) is 0 Å². The second-order valence-corrected chi connectivity index (χ2v) is 4.79. The first-order chi connectivity index (χ1) is 10.1. The quantitative estimate of drug-likeness (QED) is 0.754. The minimum atomic E-state index is 0.127. The Morgan fingerprint density at radius 2 is 1.86 bits per heavy atom. The van der Waals surface area contributed by atoms with E-state index in [-0.39, 0.29) is 11.8 Å². The van der Waals surface area contributed by atoms with Crippen LogP contribution in [0.2, 0.25) is 5.02 Å². The SMILES string of the molecule is COc1ccc(-c2ccc3nc(N)nc(N)c3n2)cc1Cl. The Morgan fingerprint density at radius 3 is 2.57 bits per heavy atom. The number of halogens is 1. The van der Waals surface area contributed by atoms with Crippen LogP contribution in [0.3, 0.4) is 0 Å². The highest BCUT2D eigenvalue weighted by Crippen LogP contribution is 2.30. The summed E-state index contributed by atoms with van der Waals surface area (Å²) in [5, 5.41) is 0.512. The van der Waals surface area contributed by atoms with Gasteiger partial charge in [0, 0.05) is 5.56 Å². The lowest BCUT2D eigenvalue weighted by Gasteiger charge is -2.07. The molecule has 0 aliphatic rings. The smallest absolute Gasteiger partial charge is 0.222 e. The van der Waals surface area contributed by atoms with Gasteiger partial charge in [0.25, 0.3) is 0 Å². The predicted octanol–water partition coefficient (Wildman–Crippen LogP) is 2.52. The van der Waals surface area contributed by atoms with Crippen molar-refractivity contribution in [3.05, 3.63) is 35.4 Å². The van der Waals surface area contributed by atoms with Crippen LogP contribution in [0.25, 0.3) is 22.3 Å². The molecule has 0 atom stereocenters. The fraction of sp³-hybridized carbons (Fsp3) is 0.0714. The number of nitrogens with zero attached hydrogens (tertiary/aromatic N) is 3. The molecule has 0 saturated heterocycles. The molecule has 106 valence electrons. The zero-order valence-corrected chi connectivity index (χ0v) is 11.9. The minimum absolute atomic E-state index is 0.127.